The molecule has 1 aromatic rings. The van der Waals surface area contributed by atoms with Crippen molar-refractivity contribution >= 4 is 35.3 Å². The molecule has 1 aliphatic heterocycles. The van der Waals surface area contributed by atoms with Gasteiger partial charge in [0.1, 0.15) is 12.1 Å². The summed E-state index contributed by atoms with van der Waals surface area (Å²) >= 11 is 0. The summed E-state index contributed by atoms with van der Waals surface area (Å²) < 4.78 is 0. The molecule has 5 amide bonds. The average molecular weight is 652 g/mol. The molecular weight excluding hydrogens is 598 g/mol. The molecule has 0 bridgehead atoms. The maximum absolute atomic E-state index is 14.5. The van der Waals surface area contributed by atoms with E-state index in [9.17, 15) is 28.8 Å². The number of nitrogens with two attached hydrogens (primary N) is 1. The van der Waals surface area contributed by atoms with Gasteiger partial charge in [0.25, 0.3) is 5.91 Å². The van der Waals surface area contributed by atoms with E-state index in [0.717, 1.165) is 51.4 Å². The number of hydrogen-bond donors (Lipinski definition) is 4. The first-order valence-electron chi connectivity index (χ1n) is 17.5. The van der Waals surface area contributed by atoms with Crippen LogP contribution in [-0.2, 0) is 19.2 Å². The zero-order chi connectivity index (χ0) is 34.2. The van der Waals surface area contributed by atoms with Gasteiger partial charge in [-0.3, -0.25) is 24.0 Å². The van der Waals surface area contributed by atoms with Gasteiger partial charge in [-0.1, -0.05) is 96.6 Å². The van der Waals surface area contributed by atoms with E-state index in [1.54, 1.807) is 29.2 Å². The summed E-state index contributed by atoms with van der Waals surface area (Å²) in [6.07, 6.45) is 8.21. The maximum atomic E-state index is 14.5. The van der Waals surface area contributed by atoms with Crippen LogP contribution in [0.5, 0.6) is 0 Å². The predicted molar refractivity (Wildman–Crippen MR) is 178 cm³/mol. The number of hydrogen-bond acceptors (Lipinski definition) is 6. The number of urea groups is 1. The van der Waals surface area contributed by atoms with Crippen molar-refractivity contribution in [2.45, 2.75) is 116 Å². The first kappa shape index (κ1) is 36.1. The number of rotatable bonds is 14. The molecule has 1 heterocycles. The predicted octanol–water partition coefficient (Wildman–Crippen LogP) is 3.74. The van der Waals surface area contributed by atoms with Gasteiger partial charge in [-0.15, -0.1) is 0 Å². The molecule has 47 heavy (non-hydrogen) atoms. The van der Waals surface area contributed by atoms with Gasteiger partial charge in [0.05, 0.1) is 12.1 Å². The lowest BCUT2D eigenvalue weighted by Crippen LogP contribution is -2.61. The molecule has 2 aliphatic carbocycles. The fourth-order valence-electron chi connectivity index (χ4n) is 7.49. The SMILES string of the molecule is CC(C)C1CCN(C(=O)[C@@H](NC(=O)N[C@H](C(=O)c2ccccc2)C(C)C)C2CCCCC2)[C@@H]1C(=O)NC(CC1CCC1)C(=O)C(N)=O. The molecule has 11 heteroatoms. The highest BCUT2D eigenvalue weighted by atomic mass is 16.2. The van der Waals surface area contributed by atoms with Gasteiger partial charge in [-0.25, -0.2) is 4.79 Å². The summed E-state index contributed by atoms with van der Waals surface area (Å²) in [5, 5.41) is 8.59. The van der Waals surface area contributed by atoms with Crippen molar-refractivity contribution < 1.29 is 28.8 Å². The Hall–Kier alpha value is -3.76. The standard InChI is InChI=1S/C36H53N5O6/c1-21(2)26-18-19-41(30(26)34(45)38-27(32(43)33(37)44)20-23-12-11-13-23)35(46)29(24-14-7-5-8-15-24)40-36(47)39-28(22(3)4)31(42)25-16-9-6-10-17-25/h6,9-10,16-17,21-24,26-30H,5,7-8,11-15,18-20H2,1-4H3,(H2,37,44)(H,38,45)(H2,39,40,47)/t26?,27?,28-,29-,30-/m0/s1. The van der Waals surface area contributed by atoms with E-state index in [1.165, 1.54) is 0 Å². The van der Waals surface area contributed by atoms with Gasteiger partial charge in [-0.2, -0.15) is 0 Å². The van der Waals surface area contributed by atoms with Crippen molar-refractivity contribution in [3.05, 3.63) is 35.9 Å². The van der Waals surface area contributed by atoms with Gasteiger partial charge in [0.15, 0.2) is 5.78 Å². The smallest absolute Gasteiger partial charge is 0.316 e. The molecule has 4 rings (SSSR count). The molecule has 2 unspecified atom stereocenters. The minimum atomic E-state index is -1.09. The molecular formula is C36H53N5O6. The molecule has 3 aliphatic rings. The van der Waals surface area contributed by atoms with E-state index in [2.05, 4.69) is 16.0 Å². The molecule has 1 saturated heterocycles. The van der Waals surface area contributed by atoms with Crippen LogP contribution >= 0.6 is 0 Å². The number of nitrogens with zero attached hydrogens (tertiary/aromatic N) is 1. The lowest BCUT2D eigenvalue weighted by molar-refractivity contribution is -0.144. The highest BCUT2D eigenvalue weighted by molar-refractivity contribution is 6.37. The molecule has 5 atom stereocenters. The normalized spacial score (nSPS) is 22.2. The third-order valence-corrected chi connectivity index (χ3v) is 10.5. The van der Waals surface area contributed by atoms with Crippen molar-refractivity contribution in [1.82, 2.24) is 20.9 Å². The molecule has 1 aromatic carbocycles. The maximum Gasteiger partial charge on any atom is 0.316 e. The van der Waals surface area contributed by atoms with Crippen LogP contribution in [0.25, 0.3) is 0 Å². The van der Waals surface area contributed by atoms with E-state index in [-0.39, 0.29) is 41.3 Å². The van der Waals surface area contributed by atoms with Crippen molar-refractivity contribution in [1.29, 1.82) is 0 Å². The van der Waals surface area contributed by atoms with Crippen LogP contribution in [0.3, 0.4) is 0 Å². The molecule has 0 spiro atoms. The second-order valence-electron chi connectivity index (χ2n) is 14.4. The number of likely N-dealkylation sites (tertiary alicyclic amines) is 1. The minimum absolute atomic E-state index is 0.0562. The highest BCUT2D eigenvalue weighted by Gasteiger charge is 2.47. The lowest BCUT2D eigenvalue weighted by atomic mass is 9.80. The monoisotopic (exact) mass is 651 g/mol. The third kappa shape index (κ3) is 8.99. The van der Waals surface area contributed by atoms with Crippen LogP contribution < -0.4 is 21.7 Å². The number of amides is 5. The van der Waals surface area contributed by atoms with Gasteiger partial charge in [-0.05, 0) is 55.3 Å². The van der Waals surface area contributed by atoms with Crippen LogP contribution in [0.1, 0.15) is 102 Å². The molecule has 0 aromatic heterocycles. The number of ketones is 2. The van der Waals surface area contributed by atoms with Crippen molar-refractivity contribution in [2.24, 2.45) is 35.3 Å². The number of primary amides is 1. The third-order valence-electron chi connectivity index (χ3n) is 10.5. The summed E-state index contributed by atoms with van der Waals surface area (Å²) in [5.41, 5.74) is 5.84. The largest absolute Gasteiger partial charge is 0.363 e. The second kappa shape index (κ2) is 16.4. The van der Waals surface area contributed by atoms with Gasteiger partial charge < -0.3 is 26.6 Å². The quantitative estimate of drug-likeness (QED) is 0.177. The molecule has 11 nitrogen and oxygen atoms in total. The zero-order valence-electron chi connectivity index (χ0n) is 28.3. The van der Waals surface area contributed by atoms with Crippen LogP contribution in [0.4, 0.5) is 4.79 Å². The Balaban J connectivity index is 1.56. The number of Topliss-reactive ketones (excluding diaryl/α,β-unsaturated/α-hetero) is 2. The number of nitrogens with one attached hydrogen (secondary N) is 3. The summed E-state index contributed by atoms with van der Waals surface area (Å²) in [4.78, 5) is 81.6. The number of benzene rings is 1. The molecule has 5 N–H and O–H groups in total. The van der Waals surface area contributed by atoms with E-state index in [1.807, 2.05) is 33.8 Å². The molecule has 0 radical (unpaired) electrons. The summed E-state index contributed by atoms with van der Waals surface area (Å²) in [6, 6.07) is 4.58. The average Bonchev–Trinajstić information content (AvgIpc) is 3.49. The molecule has 3 fully saturated rings. The fourth-order valence-corrected chi connectivity index (χ4v) is 7.49. The molecule has 258 valence electrons. The first-order chi connectivity index (χ1) is 22.4. The van der Waals surface area contributed by atoms with E-state index in [0.29, 0.717) is 24.9 Å². The fraction of sp³-hybridized carbons (Fsp3) is 0.667. The zero-order valence-corrected chi connectivity index (χ0v) is 28.3. The Morgan fingerprint density at radius 3 is 2.04 bits per heavy atom. The Morgan fingerprint density at radius 1 is 0.830 bits per heavy atom. The van der Waals surface area contributed by atoms with Crippen LogP contribution in [0.15, 0.2) is 30.3 Å². The van der Waals surface area contributed by atoms with Crippen molar-refractivity contribution in [3.63, 3.8) is 0 Å². The first-order valence-corrected chi connectivity index (χ1v) is 17.5. The van der Waals surface area contributed by atoms with E-state index >= 15 is 0 Å². The Kier molecular flexibility index (Phi) is 12.6. The number of carbonyl (C=O) groups is 6. The minimum Gasteiger partial charge on any atom is -0.363 e. The van der Waals surface area contributed by atoms with Crippen LogP contribution in [0.2, 0.25) is 0 Å². The topological polar surface area (TPSA) is 168 Å². The lowest BCUT2D eigenvalue weighted by Gasteiger charge is -2.37. The Bertz CT molecular complexity index is 1290. The second-order valence-corrected chi connectivity index (χ2v) is 14.4. The van der Waals surface area contributed by atoms with Gasteiger partial charge >= 0.3 is 6.03 Å². The molecule has 2 saturated carbocycles. The van der Waals surface area contributed by atoms with Crippen molar-refractivity contribution in [3.8, 4) is 0 Å². The summed E-state index contributed by atoms with van der Waals surface area (Å²) in [6.45, 7) is 8.04. The Morgan fingerprint density at radius 2 is 1.49 bits per heavy atom. The van der Waals surface area contributed by atoms with E-state index < -0.39 is 47.8 Å². The van der Waals surface area contributed by atoms with Crippen molar-refractivity contribution in [2.75, 3.05) is 6.54 Å². The van der Waals surface area contributed by atoms with E-state index in [4.69, 9.17) is 5.73 Å². The summed E-state index contributed by atoms with van der Waals surface area (Å²) in [5.74, 6) is -3.18. The highest BCUT2D eigenvalue weighted by Crippen LogP contribution is 2.35. The van der Waals surface area contributed by atoms with Gasteiger partial charge in [0, 0.05) is 12.1 Å². The van der Waals surface area contributed by atoms with Crippen LogP contribution in [0, 0.1) is 29.6 Å². The summed E-state index contributed by atoms with van der Waals surface area (Å²) in [7, 11) is 0. The van der Waals surface area contributed by atoms with Gasteiger partial charge in [0.2, 0.25) is 17.6 Å². The Labute approximate surface area is 278 Å². The number of carbonyl (C=O) groups excluding carboxylic acids is 6. The van der Waals surface area contributed by atoms with Crippen LogP contribution in [-0.4, -0.2) is 70.9 Å².